The number of rotatable bonds is 14. The van der Waals surface area contributed by atoms with Crippen molar-refractivity contribution in [2.45, 2.75) is 155 Å². The van der Waals surface area contributed by atoms with Crippen molar-refractivity contribution in [3.63, 3.8) is 0 Å². The molecular weight excluding hydrogens is 460 g/mol. The van der Waals surface area contributed by atoms with Crippen molar-refractivity contribution in [1.29, 1.82) is 0 Å². The van der Waals surface area contributed by atoms with Gasteiger partial charge in [-0.15, -0.1) is 0 Å². The summed E-state index contributed by atoms with van der Waals surface area (Å²) in [5.41, 5.74) is 0.476. The topological polar surface area (TPSA) is 74.6 Å². The van der Waals surface area contributed by atoms with Crippen LogP contribution in [0.3, 0.4) is 0 Å². The predicted octanol–water partition coefficient (Wildman–Crippen LogP) is 8.34. The van der Waals surface area contributed by atoms with E-state index in [0.29, 0.717) is 29.5 Å². The van der Waals surface area contributed by atoms with Gasteiger partial charge in [-0.05, 0) is 85.4 Å². The molecule has 0 radical (unpaired) electrons. The maximum Gasteiger partial charge on any atom is 0.303 e. The zero-order valence-corrected chi connectivity index (χ0v) is 24.0. The lowest BCUT2D eigenvalue weighted by molar-refractivity contribution is -0.156. The first-order valence-electron chi connectivity index (χ1n) is 16.2. The highest BCUT2D eigenvalue weighted by atomic mass is 16.4. The van der Waals surface area contributed by atoms with Gasteiger partial charge in [0.1, 0.15) is 5.78 Å². The highest BCUT2D eigenvalue weighted by molar-refractivity contribution is 5.79. The fourth-order valence-corrected chi connectivity index (χ4v) is 9.76. The van der Waals surface area contributed by atoms with Crippen molar-refractivity contribution in [2.75, 3.05) is 0 Å². The molecular formula is C33H56O4. The molecule has 0 bridgehead atoms. The van der Waals surface area contributed by atoms with Crippen molar-refractivity contribution in [3.8, 4) is 0 Å². The molecule has 0 aromatic rings. The van der Waals surface area contributed by atoms with Gasteiger partial charge < -0.3 is 10.2 Å². The van der Waals surface area contributed by atoms with Crippen LogP contribution in [0.25, 0.3) is 0 Å². The monoisotopic (exact) mass is 516 g/mol. The molecule has 37 heavy (non-hydrogen) atoms. The Morgan fingerprint density at radius 2 is 1.41 bits per heavy atom. The largest absolute Gasteiger partial charge is 0.481 e. The Morgan fingerprint density at radius 3 is 2.05 bits per heavy atom. The summed E-state index contributed by atoms with van der Waals surface area (Å²) in [6, 6.07) is 0. The van der Waals surface area contributed by atoms with Crippen molar-refractivity contribution in [1.82, 2.24) is 0 Å². The van der Waals surface area contributed by atoms with Gasteiger partial charge in [0.25, 0.3) is 0 Å². The number of hydrogen-bond acceptors (Lipinski definition) is 3. The highest BCUT2D eigenvalue weighted by Gasteiger charge is 2.62. The van der Waals surface area contributed by atoms with Gasteiger partial charge in [0.05, 0.1) is 6.10 Å². The first kappa shape index (κ1) is 29.1. The summed E-state index contributed by atoms with van der Waals surface area (Å²) in [4.78, 5) is 23.0. The number of carbonyl (C=O) groups is 2. The van der Waals surface area contributed by atoms with Gasteiger partial charge >= 0.3 is 5.97 Å². The van der Waals surface area contributed by atoms with Crippen molar-refractivity contribution < 1.29 is 19.8 Å². The zero-order chi connectivity index (χ0) is 26.5. The third kappa shape index (κ3) is 6.64. The molecule has 4 nitrogen and oxygen atoms in total. The quantitative estimate of drug-likeness (QED) is 0.228. The first-order valence-corrected chi connectivity index (χ1v) is 16.2. The normalized spacial score (nSPS) is 39.2. The fraction of sp³-hybridized carbons (Fsp3) is 0.939. The molecule has 0 aliphatic heterocycles. The summed E-state index contributed by atoms with van der Waals surface area (Å²) in [6.45, 7) is 4.94. The Kier molecular flexibility index (Phi) is 10.2. The molecule has 0 spiro atoms. The molecule has 4 aliphatic rings. The molecule has 0 aromatic carbocycles. The number of fused-ring (bicyclic) bond motifs is 5. The van der Waals surface area contributed by atoms with Gasteiger partial charge in [0, 0.05) is 19.3 Å². The molecule has 0 saturated heterocycles. The zero-order valence-electron chi connectivity index (χ0n) is 24.0. The van der Waals surface area contributed by atoms with E-state index in [-0.39, 0.29) is 11.5 Å². The van der Waals surface area contributed by atoms with Crippen molar-refractivity contribution in [3.05, 3.63) is 0 Å². The number of unbranched alkanes of at least 4 members (excludes halogenated alkanes) is 10. The van der Waals surface area contributed by atoms with E-state index in [1.807, 2.05) is 0 Å². The second-order valence-corrected chi connectivity index (χ2v) is 14.2. The van der Waals surface area contributed by atoms with Gasteiger partial charge in [-0.1, -0.05) is 84.5 Å². The molecule has 0 aromatic heterocycles. The van der Waals surface area contributed by atoms with Gasteiger partial charge in [-0.2, -0.15) is 0 Å². The smallest absolute Gasteiger partial charge is 0.303 e. The summed E-state index contributed by atoms with van der Waals surface area (Å²) in [7, 11) is 0. The first-order chi connectivity index (χ1) is 17.8. The van der Waals surface area contributed by atoms with E-state index in [4.69, 9.17) is 5.11 Å². The van der Waals surface area contributed by atoms with E-state index in [9.17, 15) is 14.7 Å². The summed E-state index contributed by atoms with van der Waals surface area (Å²) >= 11 is 0. The Labute approximate surface area is 226 Å². The number of ketones is 1. The Morgan fingerprint density at radius 1 is 0.811 bits per heavy atom. The molecule has 8 atom stereocenters. The minimum absolute atomic E-state index is 0.109. The number of aliphatic hydroxyl groups excluding tert-OH is 1. The van der Waals surface area contributed by atoms with Crippen LogP contribution >= 0.6 is 0 Å². The van der Waals surface area contributed by atoms with Gasteiger partial charge in [-0.3, -0.25) is 9.59 Å². The summed E-state index contributed by atoms with van der Waals surface area (Å²) in [5.74, 6) is 3.41. The van der Waals surface area contributed by atoms with Crippen LogP contribution in [0.1, 0.15) is 149 Å². The minimum atomic E-state index is -0.666. The lowest BCUT2D eigenvalue weighted by Gasteiger charge is -2.62. The highest BCUT2D eigenvalue weighted by Crippen LogP contribution is 2.67. The summed E-state index contributed by atoms with van der Waals surface area (Å²) < 4.78 is 0. The van der Waals surface area contributed by atoms with Crippen molar-refractivity contribution >= 4 is 11.8 Å². The van der Waals surface area contributed by atoms with E-state index >= 15 is 0 Å². The average molecular weight is 517 g/mol. The molecule has 0 unspecified atom stereocenters. The van der Waals surface area contributed by atoms with Crippen molar-refractivity contribution in [2.24, 2.45) is 40.4 Å². The van der Waals surface area contributed by atoms with E-state index in [1.54, 1.807) is 0 Å². The third-order valence-electron chi connectivity index (χ3n) is 12.1. The predicted molar refractivity (Wildman–Crippen MR) is 149 cm³/mol. The number of carbonyl (C=O) groups excluding carboxylic acids is 1. The van der Waals surface area contributed by atoms with Crippen LogP contribution in [0.15, 0.2) is 0 Å². The van der Waals surface area contributed by atoms with Crippen LogP contribution in [-0.2, 0) is 9.59 Å². The number of aliphatic carboxylic acids is 1. The molecule has 0 heterocycles. The molecule has 4 rings (SSSR count). The Bertz CT molecular complexity index is 763. The lowest BCUT2D eigenvalue weighted by Crippen LogP contribution is -2.57. The second kappa shape index (κ2) is 13.0. The van der Waals surface area contributed by atoms with Crippen LogP contribution in [0.4, 0.5) is 0 Å². The van der Waals surface area contributed by atoms with Crippen LogP contribution in [-0.4, -0.2) is 28.1 Å². The minimum Gasteiger partial charge on any atom is -0.481 e. The Balaban J connectivity index is 1.21. The lowest BCUT2D eigenvalue weighted by atomic mass is 9.42. The standard InChI is InChI=1S/C33H56O4/c1-32-20-18-26(34)23-25(32)22-24(31-27-16-17-29(35)33(27,2)21-19-28(31)32)14-12-10-8-6-4-3-5-7-9-11-13-15-30(36)37/h24-25,27-29,31,35H,3-23H2,1-2H3,(H,36,37)/t24-,25+,27+,28+,29+,31+,32+,33+/m1/s1. The number of hydrogen-bond donors (Lipinski definition) is 2. The third-order valence-corrected chi connectivity index (χ3v) is 12.1. The molecule has 4 aliphatic carbocycles. The second-order valence-electron chi connectivity index (χ2n) is 14.2. The molecule has 0 amide bonds. The van der Waals surface area contributed by atoms with Crippen LogP contribution < -0.4 is 0 Å². The van der Waals surface area contributed by atoms with Crippen LogP contribution in [0.2, 0.25) is 0 Å². The Hall–Kier alpha value is -0.900. The van der Waals surface area contributed by atoms with Crippen LogP contribution in [0, 0.1) is 40.4 Å². The number of aliphatic hydroxyl groups is 1. The average Bonchev–Trinajstić information content (AvgIpc) is 3.17. The van der Waals surface area contributed by atoms with Crippen LogP contribution in [0.5, 0.6) is 0 Å². The maximum atomic E-state index is 12.4. The van der Waals surface area contributed by atoms with E-state index in [1.165, 1.54) is 89.9 Å². The van der Waals surface area contributed by atoms with Gasteiger partial charge in [0.2, 0.25) is 0 Å². The summed E-state index contributed by atoms with van der Waals surface area (Å²) in [5, 5.41) is 19.6. The number of carboxylic acid groups (broad SMARTS) is 1. The summed E-state index contributed by atoms with van der Waals surface area (Å²) in [6.07, 6.45) is 23.9. The molecule has 4 fully saturated rings. The van der Waals surface area contributed by atoms with Gasteiger partial charge in [-0.25, -0.2) is 0 Å². The molecule has 2 N–H and O–H groups in total. The number of carboxylic acids is 1. The van der Waals surface area contributed by atoms with E-state index in [2.05, 4.69) is 13.8 Å². The SMILES string of the molecule is C[C@]12CCC(=O)C[C@@H]1C[C@@H](CCCCCCCCCCCCCC(=O)O)[C@@H]1[C@@H]2CC[C@]2(C)[C@@H](O)CC[C@@H]12. The molecule has 4 saturated carbocycles. The van der Waals surface area contributed by atoms with E-state index < -0.39 is 5.97 Å². The number of Topliss-reactive ketones (excluding diaryl/α,β-unsaturated/α-hetero) is 1. The van der Waals surface area contributed by atoms with E-state index in [0.717, 1.165) is 56.3 Å². The fourth-order valence-electron chi connectivity index (χ4n) is 9.76. The molecule has 4 heteroatoms. The maximum absolute atomic E-state index is 12.4. The van der Waals surface area contributed by atoms with Gasteiger partial charge in [0.15, 0.2) is 0 Å². The molecule has 212 valence electrons.